The molecule has 108 valence electrons. The summed E-state index contributed by atoms with van der Waals surface area (Å²) in [6, 6.07) is 8.14. The van der Waals surface area contributed by atoms with Crippen LogP contribution in [0.3, 0.4) is 0 Å². The number of fused-ring (bicyclic) bond motifs is 1. The first-order valence-corrected chi connectivity index (χ1v) is 7.29. The molecule has 0 N–H and O–H groups in total. The first-order valence-electron chi connectivity index (χ1n) is 7.29. The number of aromatic nitrogens is 1. The fourth-order valence-electron chi connectivity index (χ4n) is 2.86. The minimum Gasteiger partial charge on any atom is -0.350 e. The maximum atomic E-state index is 11.0. The highest BCUT2D eigenvalue weighted by atomic mass is 16.6. The molecule has 0 fully saturated rings. The summed E-state index contributed by atoms with van der Waals surface area (Å²) in [5.41, 5.74) is 2.27. The number of rotatable bonds is 7. The van der Waals surface area contributed by atoms with Gasteiger partial charge in [0.25, 0.3) is 0 Å². The minimum absolute atomic E-state index is 0.0163. The lowest BCUT2D eigenvalue weighted by Gasteiger charge is -2.12. The van der Waals surface area contributed by atoms with Crippen molar-refractivity contribution < 1.29 is 4.92 Å². The van der Waals surface area contributed by atoms with Crippen molar-refractivity contribution in [1.82, 2.24) is 4.57 Å². The van der Waals surface area contributed by atoms with Crippen LogP contribution in [0, 0.1) is 10.1 Å². The van der Waals surface area contributed by atoms with E-state index in [1.54, 1.807) is 0 Å². The standard InChI is InChI=1S/C16H22N2O2/c1-3-4-5-8-13(11-18(19)20)15-12-17(2)16-10-7-6-9-14(15)16/h6-7,9-10,12-13H,3-5,8,11H2,1-2H3/t13-/m1/s1. The Morgan fingerprint density at radius 1 is 1.30 bits per heavy atom. The number of nitro groups is 1. The van der Waals surface area contributed by atoms with Gasteiger partial charge in [-0.3, -0.25) is 10.1 Å². The van der Waals surface area contributed by atoms with Gasteiger partial charge in [-0.15, -0.1) is 0 Å². The second-order valence-corrected chi connectivity index (χ2v) is 5.42. The normalized spacial score (nSPS) is 12.7. The Kier molecular flexibility index (Phi) is 4.77. The van der Waals surface area contributed by atoms with Crippen molar-refractivity contribution in [3.63, 3.8) is 0 Å². The molecular formula is C16H22N2O2. The lowest BCUT2D eigenvalue weighted by molar-refractivity contribution is -0.483. The van der Waals surface area contributed by atoms with E-state index >= 15 is 0 Å². The first kappa shape index (κ1) is 14.6. The van der Waals surface area contributed by atoms with Crippen LogP contribution in [0.5, 0.6) is 0 Å². The van der Waals surface area contributed by atoms with Crippen molar-refractivity contribution in [2.45, 2.75) is 38.5 Å². The summed E-state index contributed by atoms with van der Waals surface area (Å²) in [5, 5.41) is 12.1. The van der Waals surface area contributed by atoms with Crippen molar-refractivity contribution >= 4 is 10.9 Å². The Morgan fingerprint density at radius 2 is 2.05 bits per heavy atom. The zero-order valence-corrected chi connectivity index (χ0v) is 12.2. The second-order valence-electron chi connectivity index (χ2n) is 5.42. The molecule has 0 aliphatic rings. The Morgan fingerprint density at radius 3 is 2.75 bits per heavy atom. The summed E-state index contributed by atoms with van der Waals surface area (Å²) in [6.45, 7) is 2.18. The molecule has 1 aromatic heterocycles. The van der Waals surface area contributed by atoms with E-state index in [9.17, 15) is 10.1 Å². The van der Waals surface area contributed by atoms with Crippen molar-refractivity contribution in [2.24, 2.45) is 7.05 Å². The van der Waals surface area contributed by atoms with Crippen molar-refractivity contribution in [3.05, 3.63) is 46.1 Å². The van der Waals surface area contributed by atoms with Crippen LogP contribution in [0.2, 0.25) is 0 Å². The fourth-order valence-corrected chi connectivity index (χ4v) is 2.86. The summed E-state index contributed by atoms with van der Waals surface area (Å²) in [6.07, 6.45) is 6.28. The van der Waals surface area contributed by atoms with Crippen LogP contribution in [0.15, 0.2) is 30.5 Å². The molecule has 4 heteroatoms. The largest absolute Gasteiger partial charge is 0.350 e. The Hall–Kier alpha value is -1.84. The molecule has 1 heterocycles. The zero-order valence-electron chi connectivity index (χ0n) is 12.2. The van der Waals surface area contributed by atoms with E-state index in [2.05, 4.69) is 29.8 Å². The molecule has 4 nitrogen and oxygen atoms in total. The van der Waals surface area contributed by atoms with Gasteiger partial charge in [0, 0.05) is 29.1 Å². The number of hydrogen-bond acceptors (Lipinski definition) is 2. The van der Waals surface area contributed by atoms with E-state index in [1.165, 1.54) is 0 Å². The lowest BCUT2D eigenvalue weighted by Crippen LogP contribution is -2.12. The quantitative estimate of drug-likeness (QED) is 0.433. The van der Waals surface area contributed by atoms with Gasteiger partial charge in [0.05, 0.1) is 5.92 Å². The molecule has 0 radical (unpaired) electrons. The van der Waals surface area contributed by atoms with Gasteiger partial charge in [0.1, 0.15) is 0 Å². The smallest absolute Gasteiger partial charge is 0.210 e. The second kappa shape index (κ2) is 6.55. The third-order valence-corrected chi connectivity index (χ3v) is 3.89. The molecule has 0 aliphatic carbocycles. The number of aryl methyl sites for hydroxylation is 1. The highest BCUT2D eigenvalue weighted by Gasteiger charge is 2.21. The SMILES string of the molecule is CCCCC[C@H](C[N+](=O)[O-])c1cn(C)c2ccccc12. The molecule has 1 aromatic carbocycles. The van der Waals surface area contributed by atoms with Crippen LogP contribution in [0.4, 0.5) is 0 Å². The molecule has 0 bridgehead atoms. The summed E-state index contributed by atoms with van der Waals surface area (Å²) >= 11 is 0. The Labute approximate surface area is 119 Å². The van der Waals surface area contributed by atoms with E-state index < -0.39 is 0 Å². The van der Waals surface area contributed by atoms with E-state index in [1.807, 2.05) is 19.2 Å². The van der Waals surface area contributed by atoms with Crippen LogP contribution in [-0.4, -0.2) is 16.0 Å². The van der Waals surface area contributed by atoms with Gasteiger partial charge in [-0.1, -0.05) is 44.4 Å². The number of hydrogen-bond donors (Lipinski definition) is 0. The van der Waals surface area contributed by atoms with Crippen LogP contribution in [0.1, 0.15) is 44.1 Å². The molecule has 2 aromatic rings. The Balaban J connectivity index is 2.32. The third kappa shape index (κ3) is 3.18. The van der Waals surface area contributed by atoms with Crippen molar-refractivity contribution in [2.75, 3.05) is 6.54 Å². The average molecular weight is 274 g/mol. The fraction of sp³-hybridized carbons (Fsp3) is 0.500. The monoisotopic (exact) mass is 274 g/mol. The first-order chi connectivity index (χ1) is 9.63. The van der Waals surface area contributed by atoms with Gasteiger partial charge in [0.15, 0.2) is 0 Å². The molecule has 20 heavy (non-hydrogen) atoms. The van der Waals surface area contributed by atoms with E-state index in [0.717, 1.165) is 42.1 Å². The summed E-state index contributed by atoms with van der Waals surface area (Å²) in [5.74, 6) is 0.0163. The molecule has 0 aliphatic heterocycles. The average Bonchev–Trinajstić information content (AvgIpc) is 2.76. The van der Waals surface area contributed by atoms with Gasteiger partial charge >= 0.3 is 0 Å². The molecule has 2 rings (SSSR count). The van der Waals surface area contributed by atoms with E-state index in [4.69, 9.17) is 0 Å². The van der Waals surface area contributed by atoms with Crippen LogP contribution in [-0.2, 0) is 7.05 Å². The molecule has 0 amide bonds. The number of nitrogens with zero attached hydrogens (tertiary/aromatic N) is 2. The number of benzene rings is 1. The maximum Gasteiger partial charge on any atom is 0.210 e. The van der Waals surface area contributed by atoms with Crippen LogP contribution < -0.4 is 0 Å². The summed E-state index contributed by atoms with van der Waals surface area (Å²) in [7, 11) is 2.00. The lowest BCUT2D eigenvalue weighted by atomic mass is 9.93. The summed E-state index contributed by atoms with van der Waals surface area (Å²) < 4.78 is 2.07. The molecule has 0 unspecified atom stereocenters. The third-order valence-electron chi connectivity index (χ3n) is 3.89. The summed E-state index contributed by atoms with van der Waals surface area (Å²) in [4.78, 5) is 10.8. The highest BCUT2D eigenvalue weighted by Crippen LogP contribution is 2.30. The molecule has 0 saturated heterocycles. The zero-order chi connectivity index (χ0) is 14.5. The van der Waals surface area contributed by atoms with Gasteiger partial charge < -0.3 is 4.57 Å². The maximum absolute atomic E-state index is 11.0. The van der Waals surface area contributed by atoms with Crippen LogP contribution >= 0.6 is 0 Å². The highest BCUT2D eigenvalue weighted by molar-refractivity contribution is 5.84. The van der Waals surface area contributed by atoms with Crippen molar-refractivity contribution in [1.29, 1.82) is 0 Å². The Bertz CT molecular complexity index is 589. The molecule has 1 atom stereocenters. The minimum atomic E-state index is -0.182. The number of para-hydroxylation sites is 1. The number of unbranched alkanes of at least 4 members (excludes halogenated alkanes) is 2. The van der Waals surface area contributed by atoms with Gasteiger partial charge in [-0.25, -0.2) is 0 Å². The van der Waals surface area contributed by atoms with E-state index in [-0.39, 0.29) is 17.4 Å². The predicted molar refractivity (Wildman–Crippen MR) is 81.7 cm³/mol. The van der Waals surface area contributed by atoms with Crippen molar-refractivity contribution in [3.8, 4) is 0 Å². The molecule has 0 saturated carbocycles. The molecule has 0 spiro atoms. The topological polar surface area (TPSA) is 48.1 Å². The van der Waals surface area contributed by atoms with Gasteiger partial charge in [-0.05, 0) is 18.1 Å². The van der Waals surface area contributed by atoms with Gasteiger partial charge in [-0.2, -0.15) is 0 Å². The predicted octanol–water partition coefficient (Wildman–Crippen LogP) is 4.12. The molecular weight excluding hydrogens is 252 g/mol. The van der Waals surface area contributed by atoms with Crippen LogP contribution in [0.25, 0.3) is 10.9 Å². The van der Waals surface area contributed by atoms with E-state index in [0.29, 0.717) is 0 Å². The van der Waals surface area contributed by atoms with Gasteiger partial charge in [0.2, 0.25) is 6.54 Å².